The number of benzene rings is 2. The van der Waals surface area contributed by atoms with Crippen molar-refractivity contribution in [2.75, 3.05) is 12.4 Å². The second-order valence-electron chi connectivity index (χ2n) is 4.22. The van der Waals surface area contributed by atoms with Crippen LogP contribution in [-0.4, -0.2) is 18.9 Å². The van der Waals surface area contributed by atoms with E-state index in [2.05, 4.69) is 26.6 Å². The van der Waals surface area contributed by atoms with Crippen molar-refractivity contribution in [2.24, 2.45) is 0 Å². The Hall–Kier alpha value is -1.85. The zero-order valence-corrected chi connectivity index (χ0v) is 13.5. The van der Waals surface area contributed by atoms with Gasteiger partial charge < -0.3 is 10.6 Å². The Morgan fingerprint density at radius 1 is 1.10 bits per heavy atom. The van der Waals surface area contributed by atoms with Crippen LogP contribution in [0.2, 0.25) is 5.02 Å². The molecule has 2 N–H and O–H groups in total. The molecule has 4 nitrogen and oxygen atoms in total. The van der Waals surface area contributed by atoms with E-state index in [1.54, 1.807) is 49.5 Å². The summed E-state index contributed by atoms with van der Waals surface area (Å²) in [7, 11) is 1.55. The molecule has 0 aliphatic carbocycles. The maximum absolute atomic E-state index is 12.2. The molecule has 108 valence electrons. The van der Waals surface area contributed by atoms with E-state index >= 15 is 0 Å². The molecular weight excluding hydrogens is 356 g/mol. The third-order valence-corrected chi connectivity index (χ3v) is 4.10. The van der Waals surface area contributed by atoms with Gasteiger partial charge in [0.05, 0.1) is 10.6 Å². The van der Waals surface area contributed by atoms with Crippen LogP contribution in [0.1, 0.15) is 20.7 Å². The lowest BCUT2D eigenvalue weighted by atomic mass is 10.1. The molecule has 6 heteroatoms. The Morgan fingerprint density at radius 2 is 1.81 bits per heavy atom. The van der Waals surface area contributed by atoms with Crippen LogP contribution in [0.3, 0.4) is 0 Å². The molecule has 0 aromatic heterocycles. The lowest BCUT2D eigenvalue weighted by molar-refractivity contribution is 0.0961. The minimum atomic E-state index is -0.338. The Morgan fingerprint density at radius 3 is 2.52 bits per heavy atom. The van der Waals surface area contributed by atoms with Gasteiger partial charge in [-0.2, -0.15) is 0 Å². The van der Waals surface area contributed by atoms with Gasteiger partial charge in [0.2, 0.25) is 0 Å². The van der Waals surface area contributed by atoms with Crippen molar-refractivity contribution in [1.29, 1.82) is 0 Å². The van der Waals surface area contributed by atoms with Gasteiger partial charge in [-0.3, -0.25) is 9.59 Å². The fourth-order valence-electron chi connectivity index (χ4n) is 1.76. The monoisotopic (exact) mass is 366 g/mol. The summed E-state index contributed by atoms with van der Waals surface area (Å²) in [5.41, 5.74) is 1.35. The standard InChI is InChI=1S/C15H12BrClN2O2/c1-18-14(20)9-4-2-5-10(8-9)19-15(21)11-6-3-7-12(16)13(11)17/h2-8H,1H3,(H,18,20)(H,19,21). The summed E-state index contributed by atoms with van der Waals surface area (Å²) in [6, 6.07) is 11.8. The average molecular weight is 368 g/mol. The first kappa shape index (κ1) is 15.5. The van der Waals surface area contributed by atoms with Crippen LogP contribution in [0.4, 0.5) is 5.69 Å². The summed E-state index contributed by atoms with van der Waals surface area (Å²) in [6.07, 6.45) is 0. The number of halogens is 2. The molecule has 0 saturated heterocycles. The number of carbonyl (C=O) groups is 2. The highest BCUT2D eigenvalue weighted by Crippen LogP contribution is 2.26. The van der Waals surface area contributed by atoms with E-state index in [-0.39, 0.29) is 11.8 Å². The summed E-state index contributed by atoms with van der Waals surface area (Å²) >= 11 is 9.36. The van der Waals surface area contributed by atoms with E-state index in [0.717, 1.165) is 0 Å². The highest BCUT2D eigenvalue weighted by molar-refractivity contribution is 9.10. The van der Waals surface area contributed by atoms with E-state index in [1.807, 2.05) is 0 Å². The average Bonchev–Trinajstić information content (AvgIpc) is 2.49. The van der Waals surface area contributed by atoms with E-state index in [1.165, 1.54) is 0 Å². The van der Waals surface area contributed by atoms with Crippen LogP contribution >= 0.6 is 27.5 Å². The van der Waals surface area contributed by atoms with Crippen LogP contribution in [0, 0.1) is 0 Å². The van der Waals surface area contributed by atoms with Gasteiger partial charge in [-0.15, -0.1) is 0 Å². The fraction of sp³-hybridized carbons (Fsp3) is 0.0667. The van der Waals surface area contributed by atoms with Gasteiger partial charge in [0.15, 0.2) is 0 Å². The zero-order valence-electron chi connectivity index (χ0n) is 11.1. The molecule has 0 atom stereocenters. The van der Waals surface area contributed by atoms with E-state index in [4.69, 9.17) is 11.6 Å². The summed E-state index contributed by atoms with van der Waals surface area (Å²) in [5, 5.41) is 5.60. The van der Waals surface area contributed by atoms with Gasteiger partial charge in [0, 0.05) is 22.8 Å². The molecule has 2 aromatic rings. The van der Waals surface area contributed by atoms with Crippen molar-refractivity contribution in [2.45, 2.75) is 0 Å². The number of amides is 2. The molecular formula is C15H12BrClN2O2. The normalized spacial score (nSPS) is 10.0. The number of carbonyl (C=O) groups excluding carboxylic acids is 2. The number of nitrogens with one attached hydrogen (secondary N) is 2. The molecule has 0 fully saturated rings. The summed E-state index contributed by atoms with van der Waals surface area (Å²) in [6.45, 7) is 0. The third kappa shape index (κ3) is 3.62. The first-order valence-electron chi connectivity index (χ1n) is 6.10. The number of rotatable bonds is 3. The number of hydrogen-bond acceptors (Lipinski definition) is 2. The fourth-order valence-corrected chi connectivity index (χ4v) is 2.34. The van der Waals surface area contributed by atoms with E-state index in [0.29, 0.717) is 26.3 Å². The number of anilines is 1. The lowest BCUT2D eigenvalue weighted by Gasteiger charge is -2.09. The highest BCUT2D eigenvalue weighted by Gasteiger charge is 2.13. The number of hydrogen-bond donors (Lipinski definition) is 2. The Bertz CT molecular complexity index is 704. The summed E-state index contributed by atoms with van der Waals surface area (Å²) in [4.78, 5) is 23.8. The largest absolute Gasteiger partial charge is 0.355 e. The van der Waals surface area contributed by atoms with E-state index < -0.39 is 0 Å². The second-order valence-corrected chi connectivity index (χ2v) is 5.45. The summed E-state index contributed by atoms with van der Waals surface area (Å²) < 4.78 is 0.649. The molecule has 21 heavy (non-hydrogen) atoms. The van der Waals surface area contributed by atoms with Crippen LogP contribution < -0.4 is 10.6 Å². The molecule has 0 bridgehead atoms. The molecule has 0 aliphatic heterocycles. The van der Waals surface area contributed by atoms with Crippen LogP contribution in [-0.2, 0) is 0 Å². The molecule has 0 radical (unpaired) electrons. The van der Waals surface area contributed by atoms with Gasteiger partial charge in [0.1, 0.15) is 0 Å². The molecule has 0 spiro atoms. The van der Waals surface area contributed by atoms with Gasteiger partial charge in [-0.25, -0.2) is 0 Å². The van der Waals surface area contributed by atoms with Crippen molar-refractivity contribution in [1.82, 2.24) is 5.32 Å². The lowest BCUT2D eigenvalue weighted by Crippen LogP contribution is -2.18. The summed E-state index contributed by atoms with van der Waals surface area (Å²) in [5.74, 6) is -0.554. The topological polar surface area (TPSA) is 58.2 Å². The smallest absolute Gasteiger partial charge is 0.257 e. The Labute approximate surface area is 135 Å². The van der Waals surface area contributed by atoms with Crippen LogP contribution in [0.25, 0.3) is 0 Å². The van der Waals surface area contributed by atoms with Crippen molar-refractivity contribution in [3.8, 4) is 0 Å². The molecule has 2 aromatic carbocycles. The molecule has 0 saturated carbocycles. The molecule has 0 aliphatic rings. The predicted octanol–water partition coefficient (Wildman–Crippen LogP) is 3.71. The Balaban J connectivity index is 2.24. The van der Waals surface area contributed by atoms with Gasteiger partial charge in [-0.05, 0) is 46.3 Å². The molecule has 0 heterocycles. The maximum atomic E-state index is 12.2. The van der Waals surface area contributed by atoms with E-state index in [9.17, 15) is 9.59 Å². The van der Waals surface area contributed by atoms with Crippen molar-refractivity contribution < 1.29 is 9.59 Å². The molecule has 2 amide bonds. The van der Waals surface area contributed by atoms with Gasteiger partial charge >= 0.3 is 0 Å². The molecule has 2 rings (SSSR count). The predicted molar refractivity (Wildman–Crippen MR) is 86.9 cm³/mol. The minimum absolute atomic E-state index is 0.216. The van der Waals surface area contributed by atoms with Gasteiger partial charge in [0.25, 0.3) is 11.8 Å². The quantitative estimate of drug-likeness (QED) is 0.869. The van der Waals surface area contributed by atoms with Crippen molar-refractivity contribution in [3.63, 3.8) is 0 Å². The first-order chi connectivity index (χ1) is 10.0. The van der Waals surface area contributed by atoms with Crippen molar-refractivity contribution >= 4 is 45.0 Å². The highest BCUT2D eigenvalue weighted by atomic mass is 79.9. The SMILES string of the molecule is CNC(=O)c1cccc(NC(=O)c2cccc(Br)c2Cl)c1. The maximum Gasteiger partial charge on any atom is 0.257 e. The first-order valence-corrected chi connectivity index (χ1v) is 7.27. The zero-order chi connectivity index (χ0) is 15.4. The van der Waals surface area contributed by atoms with Crippen LogP contribution in [0.5, 0.6) is 0 Å². The third-order valence-electron chi connectivity index (χ3n) is 2.81. The Kier molecular flexibility index (Phi) is 4.98. The minimum Gasteiger partial charge on any atom is -0.355 e. The second kappa shape index (κ2) is 6.74. The molecule has 0 unspecified atom stereocenters. The van der Waals surface area contributed by atoms with Gasteiger partial charge in [-0.1, -0.05) is 23.7 Å². The van der Waals surface area contributed by atoms with Crippen LogP contribution in [0.15, 0.2) is 46.9 Å². The van der Waals surface area contributed by atoms with Crippen molar-refractivity contribution in [3.05, 3.63) is 63.1 Å².